The summed E-state index contributed by atoms with van der Waals surface area (Å²) in [4.78, 5) is 41.7. The van der Waals surface area contributed by atoms with Gasteiger partial charge in [-0.1, -0.05) is 0 Å². The Balaban J connectivity index is 5.27. The highest BCUT2D eigenvalue weighted by Gasteiger charge is 2.30. The first-order chi connectivity index (χ1) is 7.25. The first-order valence-electron chi connectivity index (χ1n) is 3.88. The van der Waals surface area contributed by atoms with E-state index in [1.807, 2.05) is 0 Å². The van der Waals surface area contributed by atoms with Gasteiger partial charge in [0, 0.05) is 6.08 Å². The smallest absolute Gasteiger partial charge is 0.332 e. The molecule has 0 saturated heterocycles. The van der Waals surface area contributed by atoms with E-state index in [4.69, 9.17) is 20.4 Å². The molecule has 8 nitrogen and oxygen atoms in total. The zero-order valence-electron chi connectivity index (χ0n) is 7.78. The third-order valence-corrected chi connectivity index (χ3v) is 1.58. The Morgan fingerprint density at radius 3 is 1.75 bits per heavy atom. The van der Waals surface area contributed by atoms with Crippen LogP contribution in [-0.2, 0) is 19.2 Å². The number of rotatable bonds is 6. The van der Waals surface area contributed by atoms with Crippen molar-refractivity contribution in [2.45, 2.75) is 6.42 Å². The van der Waals surface area contributed by atoms with Gasteiger partial charge in [0.1, 0.15) is 0 Å². The van der Waals surface area contributed by atoms with Gasteiger partial charge >= 0.3 is 23.9 Å². The largest absolute Gasteiger partial charge is 0.481 e. The van der Waals surface area contributed by atoms with Crippen LogP contribution in [0, 0.1) is 5.92 Å². The monoisotopic (exact) mass is 232 g/mol. The van der Waals surface area contributed by atoms with Gasteiger partial charge in [0.25, 0.3) is 0 Å². The van der Waals surface area contributed by atoms with E-state index in [1.165, 1.54) is 0 Å². The zero-order valence-corrected chi connectivity index (χ0v) is 7.78. The second kappa shape index (κ2) is 5.49. The molecule has 0 bridgehead atoms. The minimum atomic E-state index is -1.90. The van der Waals surface area contributed by atoms with E-state index >= 15 is 0 Å². The Kier molecular flexibility index (Phi) is 4.67. The van der Waals surface area contributed by atoms with Crippen LogP contribution in [0.2, 0.25) is 0 Å². The fourth-order valence-electron chi connectivity index (χ4n) is 0.949. The maximum absolute atomic E-state index is 10.6. The van der Waals surface area contributed by atoms with Crippen molar-refractivity contribution in [1.29, 1.82) is 0 Å². The van der Waals surface area contributed by atoms with Gasteiger partial charge in [-0.3, -0.25) is 9.59 Å². The van der Waals surface area contributed by atoms with Crippen molar-refractivity contribution in [2.24, 2.45) is 5.92 Å². The van der Waals surface area contributed by atoms with Crippen molar-refractivity contribution in [2.75, 3.05) is 0 Å². The molecule has 0 aromatic heterocycles. The van der Waals surface area contributed by atoms with Gasteiger partial charge in [0.2, 0.25) is 0 Å². The molecule has 0 heterocycles. The fourth-order valence-corrected chi connectivity index (χ4v) is 0.949. The van der Waals surface area contributed by atoms with Crippen LogP contribution in [0.4, 0.5) is 0 Å². The highest BCUT2D eigenvalue weighted by Crippen LogP contribution is 2.16. The van der Waals surface area contributed by atoms with Crippen LogP contribution in [0.5, 0.6) is 0 Å². The van der Waals surface area contributed by atoms with Crippen molar-refractivity contribution in [3.05, 3.63) is 11.6 Å². The summed E-state index contributed by atoms with van der Waals surface area (Å²) in [5.74, 6) is -8.58. The van der Waals surface area contributed by atoms with Gasteiger partial charge in [-0.05, 0) is 0 Å². The number of hydrogen-bond donors (Lipinski definition) is 4. The first kappa shape index (κ1) is 13.6. The molecular formula is C8H8O8. The minimum Gasteiger partial charge on any atom is -0.481 e. The third-order valence-electron chi connectivity index (χ3n) is 1.58. The van der Waals surface area contributed by atoms with E-state index in [9.17, 15) is 19.2 Å². The molecule has 88 valence electrons. The summed E-state index contributed by atoms with van der Waals surface area (Å²) < 4.78 is 0. The van der Waals surface area contributed by atoms with E-state index < -0.39 is 41.8 Å². The number of hydrogen-bond acceptors (Lipinski definition) is 4. The molecule has 1 unspecified atom stereocenters. The van der Waals surface area contributed by atoms with Crippen LogP contribution in [0.3, 0.4) is 0 Å². The van der Waals surface area contributed by atoms with Crippen LogP contribution < -0.4 is 0 Å². The van der Waals surface area contributed by atoms with Crippen LogP contribution in [0.15, 0.2) is 11.6 Å². The van der Waals surface area contributed by atoms with E-state index in [-0.39, 0.29) is 6.08 Å². The van der Waals surface area contributed by atoms with Crippen molar-refractivity contribution >= 4 is 23.9 Å². The van der Waals surface area contributed by atoms with Gasteiger partial charge in [0.05, 0.1) is 17.9 Å². The molecule has 1 atom stereocenters. The molecule has 8 heteroatoms. The zero-order chi connectivity index (χ0) is 12.9. The molecule has 0 aliphatic heterocycles. The molecule has 0 aromatic carbocycles. The number of aliphatic carboxylic acids is 4. The molecule has 16 heavy (non-hydrogen) atoms. The fraction of sp³-hybridized carbons (Fsp3) is 0.250. The Hall–Kier alpha value is -2.38. The van der Waals surface area contributed by atoms with Gasteiger partial charge in [-0.25, -0.2) is 9.59 Å². The van der Waals surface area contributed by atoms with Crippen LogP contribution >= 0.6 is 0 Å². The van der Waals surface area contributed by atoms with Crippen molar-refractivity contribution < 1.29 is 39.6 Å². The van der Waals surface area contributed by atoms with E-state index in [0.717, 1.165) is 0 Å². The second-order valence-electron chi connectivity index (χ2n) is 2.73. The summed E-state index contributed by atoms with van der Waals surface area (Å²) >= 11 is 0. The average Bonchev–Trinajstić information content (AvgIpc) is 2.09. The molecular weight excluding hydrogens is 224 g/mol. The summed E-state index contributed by atoms with van der Waals surface area (Å²) in [6.45, 7) is 0. The summed E-state index contributed by atoms with van der Waals surface area (Å²) in [5.41, 5.74) is -0.984. The predicted octanol–water partition coefficient (Wildman–Crippen LogP) is -0.742. The Labute approximate surface area is 88.4 Å². The Morgan fingerprint density at radius 2 is 1.50 bits per heavy atom. The SMILES string of the molecule is O=C(O)C=C(C(=O)O)C(CC(=O)O)C(=O)O. The number of carboxylic acids is 4. The first-order valence-corrected chi connectivity index (χ1v) is 3.88. The molecule has 0 rings (SSSR count). The van der Waals surface area contributed by atoms with Crippen molar-refractivity contribution in [3.63, 3.8) is 0 Å². The number of carbonyl (C=O) groups is 4. The normalized spacial score (nSPS) is 12.9. The maximum Gasteiger partial charge on any atom is 0.332 e. The molecule has 0 spiro atoms. The van der Waals surface area contributed by atoms with Gasteiger partial charge in [-0.2, -0.15) is 0 Å². The summed E-state index contributed by atoms with van der Waals surface area (Å²) in [6.07, 6.45) is -0.829. The van der Waals surface area contributed by atoms with Gasteiger partial charge in [0.15, 0.2) is 0 Å². The second-order valence-corrected chi connectivity index (χ2v) is 2.73. The van der Waals surface area contributed by atoms with E-state index in [0.29, 0.717) is 0 Å². The van der Waals surface area contributed by atoms with Crippen LogP contribution in [-0.4, -0.2) is 44.3 Å². The lowest BCUT2D eigenvalue weighted by Gasteiger charge is -2.09. The number of carboxylic acid groups (broad SMARTS) is 4. The molecule has 0 saturated carbocycles. The summed E-state index contributed by atoms with van der Waals surface area (Å²) in [7, 11) is 0. The Morgan fingerprint density at radius 1 is 1.00 bits per heavy atom. The van der Waals surface area contributed by atoms with Crippen molar-refractivity contribution in [1.82, 2.24) is 0 Å². The molecule has 0 aliphatic rings. The molecule has 0 aromatic rings. The molecule has 4 N–H and O–H groups in total. The highest BCUT2D eigenvalue weighted by molar-refractivity contribution is 6.00. The lowest BCUT2D eigenvalue weighted by atomic mass is 9.95. The lowest BCUT2D eigenvalue weighted by Crippen LogP contribution is -2.25. The highest BCUT2D eigenvalue weighted by atomic mass is 16.4. The van der Waals surface area contributed by atoms with E-state index in [2.05, 4.69) is 0 Å². The van der Waals surface area contributed by atoms with Gasteiger partial charge in [-0.15, -0.1) is 0 Å². The maximum atomic E-state index is 10.6. The quantitative estimate of drug-likeness (QED) is 0.437. The van der Waals surface area contributed by atoms with Crippen LogP contribution in [0.1, 0.15) is 6.42 Å². The molecule has 0 aliphatic carbocycles. The summed E-state index contributed by atoms with van der Waals surface area (Å²) in [5, 5.41) is 33.8. The van der Waals surface area contributed by atoms with Crippen LogP contribution in [0.25, 0.3) is 0 Å². The van der Waals surface area contributed by atoms with E-state index in [1.54, 1.807) is 0 Å². The predicted molar refractivity (Wildman–Crippen MR) is 46.7 cm³/mol. The van der Waals surface area contributed by atoms with Gasteiger partial charge < -0.3 is 20.4 Å². The topological polar surface area (TPSA) is 149 Å². The molecule has 0 radical (unpaired) electrons. The van der Waals surface area contributed by atoms with Crippen molar-refractivity contribution in [3.8, 4) is 0 Å². The molecule has 0 fully saturated rings. The minimum absolute atomic E-state index is 0.171. The lowest BCUT2D eigenvalue weighted by molar-refractivity contribution is -0.148. The molecule has 0 amide bonds. The average molecular weight is 232 g/mol. The summed E-state index contributed by atoms with van der Waals surface area (Å²) in [6, 6.07) is 0. The Bertz CT molecular complexity index is 366. The third kappa shape index (κ3) is 4.22. The standard InChI is InChI=1S/C8H8O8/c9-5(10)1-3(7(13)14)4(8(15)16)2-6(11)12/h1,4H,2H2,(H,9,10)(H,11,12)(H,13,14)(H,15,16).